The summed E-state index contributed by atoms with van der Waals surface area (Å²) in [5.41, 5.74) is 4.62. The zero-order valence-electron chi connectivity index (χ0n) is 24.3. The van der Waals surface area contributed by atoms with Crippen LogP contribution in [0.25, 0.3) is 11.4 Å². The molecule has 1 fully saturated rings. The van der Waals surface area contributed by atoms with Crippen molar-refractivity contribution in [2.24, 2.45) is 7.05 Å². The normalized spacial score (nSPS) is 13.7. The van der Waals surface area contributed by atoms with Crippen LogP contribution in [0.4, 0.5) is 22.2 Å². The van der Waals surface area contributed by atoms with Crippen molar-refractivity contribution >= 4 is 35.1 Å². The molecule has 3 N–H and O–H groups in total. The van der Waals surface area contributed by atoms with Gasteiger partial charge in [0, 0.05) is 44.1 Å². The maximum Gasteiger partial charge on any atom is 0.319 e. The van der Waals surface area contributed by atoms with E-state index in [-0.39, 0.29) is 24.0 Å². The van der Waals surface area contributed by atoms with Crippen LogP contribution in [0.5, 0.6) is 11.6 Å². The maximum atomic E-state index is 12.7. The van der Waals surface area contributed by atoms with Gasteiger partial charge in [0.05, 0.1) is 11.9 Å². The molecule has 1 aromatic carbocycles. The van der Waals surface area contributed by atoms with E-state index in [1.807, 2.05) is 27.0 Å². The average molecular weight is 591 g/mol. The van der Waals surface area contributed by atoms with Crippen molar-refractivity contribution in [3.05, 3.63) is 58.9 Å². The Kier molecular flexibility index (Phi) is 8.72. The molecule has 5 rings (SSSR count). The van der Waals surface area contributed by atoms with E-state index in [2.05, 4.69) is 60.0 Å². The van der Waals surface area contributed by atoms with Gasteiger partial charge in [-0.3, -0.25) is 4.68 Å². The molecule has 0 aliphatic carbocycles. The molecule has 0 saturated carbocycles. The van der Waals surface area contributed by atoms with Crippen LogP contribution >= 0.6 is 11.6 Å². The number of ether oxygens (including phenoxy) is 1. The van der Waals surface area contributed by atoms with Gasteiger partial charge in [-0.1, -0.05) is 11.6 Å². The highest BCUT2D eigenvalue weighted by Crippen LogP contribution is 2.30. The van der Waals surface area contributed by atoms with Gasteiger partial charge >= 0.3 is 6.03 Å². The molecule has 0 bridgehead atoms. The van der Waals surface area contributed by atoms with E-state index in [9.17, 15) is 4.79 Å². The highest BCUT2D eigenvalue weighted by atomic mass is 35.5. The number of carbonyl (C=O) groups is 1. The Bertz CT molecular complexity index is 1550. The topological polar surface area (TPSA) is 135 Å². The fourth-order valence-electron chi connectivity index (χ4n) is 4.80. The number of hydrogen-bond acceptors (Lipinski definition) is 9. The van der Waals surface area contributed by atoms with E-state index in [0.717, 1.165) is 54.3 Å². The van der Waals surface area contributed by atoms with E-state index < -0.39 is 0 Å². The highest BCUT2D eigenvalue weighted by molar-refractivity contribution is 6.31. The Hall–Kier alpha value is -4.45. The second-order valence-corrected chi connectivity index (χ2v) is 11.0. The third-order valence-electron chi connectivity index (χ3n) is 7.15. The van der Waals surface area contributed by atoms with Crippen LogP contribution in [0.3, 0.4) is 0 Å². The van der Waals surface area contributed by atoms with Crippen LogP contribution in [-0.4, -0.2) is 61.2 Å². The van der Waals surface area contributed by atoms with Gasteiger partial charge in [-0.25, -0.2) is 9.78 Å². The summed E-state index contributed by atoms with van der Waals surface area (Å²) in [6.07, 6.45) is 4.86. The van der Waals surface area contributed by atoms with Crippen molar-refractivity contribution < 1.29 is 9.53 Å². The minimum Gasteiger partial charge on any atom is -0.437 e. The monoisotopic (exact) mass is 590 g/mol. The molecule has 0 radical (unpaired) electrons. The third-order valence-corrected chi connectivity index (χ3v) is 7.41. The van der Waals surface area contributed by atoms with Gasteiger partial charge in [0.15, 0.2) is 5.82 Å². The minimum absolute atomic E-state index is 0.0560. The molecule has 220 valence electrons. The third kappa shape index (κ3) is 6.71. The van der Waals surface area contributed by atoms with Gasteiger partial charge in [0.2, 0.25) is 11.8 Å². The Morgan fingerprint density at radius 3 is 2.48 bits per heavy atom. The number of carbonyl (C=O) groups excluding carboxylic acids is 1. The molecule has 1 aliphatic heterocycles. The molecule has 1 saturated heterocycles. The molecule has 1 aliphatic rings. The van der Waals surface area contributed by atoms with Crippen LogP contribution in [-0.2, 0) is 7.05 Å². The number of amides is 2. The first-order chi connectivity index (χ1) is 20.2. The van der Waals surface area contributed by atoms with E-state index in [0.29, 0.717) is 22.4 Å². The van der Waals surface area contributed by atoms with Crippen molar-refractivity contribution in [3.63, 3.8) is 0 Å². The molecule has 42 heavy (non-hydrogen) atoms. The first-order valence-corrected chi connectivity index (χ1v) is 14.3. The fraction of sp³-hybridized carbons (Fsp3) is 0.379. The van der Waals surface area contributed by atoms with Crippen LogP contribution in [0, 0.1) is 13.8 Å². The molecular formula is C29H35ClN10O2. The zero-order valence-corrected chi connectivity index (χ0v) is 25.1. The Balaban J connectivity index is 1.12. The number of aromatic nitrogens is 6. The lowest BCUT2D eigenvalue weighted by molar-refractivity contribution is 0.246. The number of benzene rings is 1. The van der Waals surface area contributed by atoms with Crippen molar-refractivity contribution in [2.45, 2.75) is 52.6 Å². The summed E-state index contributed by atoms with van der Waals surface area (Å²) in [5, 5.41) is 22.7. The van der Waals surface area contributed by atoms with Gasteiger partial charge in [0.1, 0.15) is 16.5 Å². The van der Waals surface area contributed by atoms with Crippen molar-refractivity contribution in [3.8, 4) is 23.0 Å². The van der Waals surface area contributed by atoms with Crippen molar-refractivity contribution in [1.29, 1.82) is 0 Å². The standard InChI is InChI=1S/C29H35ClN10O2/c1-17(2)33-28-31-16-23(30)27(36-28)42-22-8-6-20(7-9-22)34-29(41)35-21-11-14-40(15-12-21)26-19(4)18(3)25(37-38-26)24-10-13-32-39(24)5/h6-10,13,16-17,21H,11-12,14-15H2,1-5H3,(H,31,33,36)(H2,34,35,41). The number of rotatable bonds is 8. The van der Waals surface area contributed by atoms with E-state index in [1.54, 1.807) is 35.1 Å². The number of hydrogen-bond donors (Lipinski definition) is 3. The van der Waals surface area contributed by atoms with Gasteiger partial charge < -0.3 is 25.6 Å². The second-order valence-electron chi connectivity index (χ2n) is 10.6. The first-order valence-electron chi connectivity index (χ1n) is 13.9. The lowest BCUT2D eigenvalue weighted by Crippen LogP contribution is -2.46. The molecule has 4 aromatic rings. The van der Waals surface area contributed by atoms with Gasteiger partial charge in [0.25, 0.3) is 0 Å². The molecule has 0 atom stereocenters. The summed E-state index contributed by atoms with van der Waals surface area (Å²) in [7, 11) is 1.90. The van der Waals surface area contributed by atoms with E-state index in [4.69, 9.17) is 16.3 Å². The molecule has 4 heterocycles. The molecule has 2 amide bonds. The lowest BCUT2D eigenvalue weighted by Gasteiger charge is -2.34. The molecule has 12 nitrogen and oxygen atoms in total. The number of nitrogens with zero attached hydrogens (tertiary/aromatic N) is 7. The van der Waals surface area contributed by atoms with Gasteiger partial charge in [-0.2, -0.15) is 10.1 Å². The number of aryl methyl sites for hydroxylation is 1. The van der Waals surface area contributed by atoms with Gasteiger partial charge in [-0.05, 0) is 82.0 Å². The Morgan fingerprint density at radius 2 is 1.81 bits per heavy atom. The predicted octanol–water partition coefficient (Wildman–Crippen LogP) is 5.34. The number of nitrogens with one attached hydrogen (secondary N) is 3. The highest BCUT2D eigenvalue weighted by Gasteiger charge is 2.24. The second kappa shape index (κ2) is 12.6. The number of urea groups is 1. The van der Waals surface area contributed by atoms with Crippen LogP contribution in [0.15, 0.2) is 42.7 Å². The van der Waals surface area contributed by atoms with E-state index >= 15 is 0 Å². The average Bonchev–Trinajstić information content (AvgIpc) is 3.38. The SMILES string of the molecule is Cc1c(-c2ccnn2C)nnc(N2CCC(NC(=O)Nc3ccc(Oc4nc(NC(C)C)ncc4Cl)cc3)CC2)c1C. The van der Waals surface area contributed by atoms with Gasteiger partial charge in [-0.15, -0.1) is 10.2 Å². The Morgan fingerprint density at radius 1 is 1.07 bits per heavy atom. The smallest absolute Gasteiger partial charge is 0.319 e. The molecule has 3 aromatic heterocycles. The molecular weight excluding hydrogens is 556 g/mol. The summed E-state index contributed by atoms with van der Waals surface area (Å²) < 4.78 is 7.64. The minimum atomic E-state index is -0.252. The quantitative estimate of drug-likeness (QED) is 0.248. The summed E-state index contributed by atoms with van der Waals surface area (Å²) >= 11 is 6.21. The summed E-state index contributed by atoms with van der Waals surface area (Å²) in [4.78, 5) is 23.4. The zero-order chi connectivity index (χ0) is 29.8. The number of halogens is 1. The summed E-state index contributed by atoms with van der Waals surface area (Å²) in [6.45, 7) is 9.68. The lowest BCUT2D eigenvalue weighted by atomic mass is 10.0. The largest absolute Gasteiger partial charge is 0.437 e. The number of piperidine rings is 1. The molecule has 13 heteroatoms. The van der Waals surface area contributed by atoms with Crippen LogP contribution in [0.1, 0.15) is 37.8 Å². The molecule has 0 spiro atoms. The van der Waals surface area contributed by atoms with Crippen molar-refractivity contribution in [2.75, 3.05) is 28.6 Å². The fourth-order valence-corrected chi connectivity index (χ4v) is 4.93. The maximum absolute atomic E-state index is 12.7. The predicted molar refractivity (Wildman–Crippen MR) is 163 cm³/mol. The van der Waals surface area contributed by atoms with Crippen LogP contribution < -0.4 is 25.6 Å². The number of anilines is 3. The van der Waals surface area contributed by atoms with E-state index in [1.165, 1.54) is 6.20 Å². The van der Waals surface area contributed by atoms with Crippen LogP contribution in [0.2, 0.25) is 5.02 Å². The molecule has 0 unspecified atom stereocenters. The summed E-state index contributed by atoms with van der Waals surface area (Å²) in [6, 6.07) is 8.93. The Labute approximate surface area is 249 Å². The first kappa shape index (κ1) is 29.1. The summed E-state index contributed by atoms with van der Waals surface area (Å²) in [5.74, 6) is 2.10. The van der Waals surface area contributed by atoms with Crippen molar-refractivity contribution in [1.82, 2.24) is 35.3 Å².